The van der Waals surface area contributed by atoms with Crippen molar-refractivity contribution >= 4 is 12.3 Å². The smallest absolute Gasteiger partial charge is 2.00 e. The van der Waals surface area contributed by atoms with Gasteiger partial charge in [0.15, 0.2) is 12.0 Å². The number of carbonyl (C=O) groups is 1. The molecule has 0 aromatic heterocycles. The zero-order valence-electron chi connectivity index (χ0n) is 13.3. The molecule has 0 aliphatic rings. The molecule has 0 unspecified atom stereocenters. The van der Waals surface area contributed by atoms with Gasteiger partial charge in [-0.3, -0.25) is 4.79 Å². The van der Waals surface area contributed by atoms with Crippen molar-refractivity contribution in [3.63, 3.8) is 0 Å². The summed E-state index contributed by atoms with van der Waals surface area (Å²) in [6.07, 6.45) is -0.736. The Labute approximate surface area is 156 Å². The van der Waals surface area contributed by atoms with Crippen LogP contribution in [-0.2, 0) is 45.4 Å². The van der Waals surface area contributed by atoms with E-state index in [0.717, 1.165) is 5.56 Å². The minimum absolute atomic E-state index is 0. The summed E-state index contributed by atoms with van der Waals surface area (Å²) in [5.74, 6) is -0.420. The molecule has 0 heterocycles. The number of carbonyl (C=O) groups excluding carboxylic acids is 2. The number of ether oxygens (including phenoxy) is 1. The second-order valence-electron chi connectivity index (χ2n) is 4.08. The zero-order valence-corrected chi connectivity index (χ0v) is 14.4. The first-order valence-electron chi connectivity index (χ1n) is 6.51. The number of alkyl halides is 1. The van der Waals surface area contributed by atoms with Crippen LogP contribution in [0.2, 0.25) is 0 Å². The van der Waals surface area contributed by atoms with Crippen LogP contribution in [0.4, 0.5) is 4.39 Å². The Morgan fingerprint density at radius 2 is 1.64 bits per heavy atom. The summed E-state index contributed by atoms with van der Waals surface area (Å²) in [5, 5.41) is 0. The number of halogens is 1. The van der Waals surface area contributed by atoms with Crippen LogP contribution >= 0.6 is 0 Å². The molecular formula is C17H16FFeO6+. The first-order valence-corrected chi connectivity index (χ1v) is 6.51. The molecule has 1 aromatic rings. The van der Waals surface area contributed by atoms with Gasteiger partial charge in [-0.2, -0.15) is 0 Å². The summed E-state index contributed by atoms with van der Waals surface area (Å²) in [7, 11) is 0. The summed E-state index contributed by atoms with van der Waals surface area (Å²) in [5.41, 5.74) is 0.849. The van der Waals surface area contributed by atoms with Gasteiger partial charge in [-0.05, 0) is 25.3 Å². The van der Waals surface area contributed by atoms with E-state index in [0.29, 0.717) is 12.8 Å². The minimum atomic E-state index is -1.43. The Bertz CT molecular complexity index is 485. The second-order valence-corrected chi connectivity index (χ2v) is 4.08. The zero-order chi connectivity index (χ0) is 19.4. The van der Waals surface area contributed by atoms with E-state index >= 15 is 0 Å². The molecule has 0 saturated carbocycles. The average Bonchev–Trinajstić information content (AvgIpc) is 2.66. The number of hydrogen-bond acceptors (Lipinski definition) is 3. The van der Waals surface area contributed by atoms with E-state index in [4.69, 9.17) is 18.7 Å². The molecule has 1 rings (SSSR count). The molecule has 0 saturated heterocycles. The molecule has 0 bridgehead atoms. The van der Waals surface area contributed by atoms with E-state index < -0.39 is 18.1 Å². The molecule has 134 valence electrons. The predicted molar refractivity (Wildman–Crippen MR) is 77.2 cm³/mol. The van der Waals surface area contributed by atoms with Crippen molar-refractivity contribution in [2.45, 2.75) is 38.5 Å². The third-order valence-electron chi connectivity index (χ3n) is 2.69. The Balaban J connectivity index is -0.000000284. The standard InChI is InChI=1S/C14H16FO3.3CO.Fe/c1-11(15)13(17)8-5-9-14(18-10-16)12-6-3-2-4-7-12;3*1-2;/h2-4,6-7,11,14H,5,8-9H2,1H3;;;;/q-1;;;;+2/t11-,14+;;;;/m1..../s1. The average molecular weight is 391 g/mol. The first-order chi connectivity index (χ1) is 11.6. The molecule has 0 radical (unpaired) electrons. The normalized spacial score (nSPS) is 10.1. The van der Waals surface area contributed by atoms with Gasteiger partial charge in [-0.1, -0.05) is 36.8 Å². The molecule has 2 atom stereocenters. The predicted octanol–water partition coefficient (Wildman–Crippen LogP) is 2.79. The number of hydrogen-bond donors (Lipinski definition) is 0. The number of rotatable bonds is 8. The fourth-order valence-electron chi connectivity index (χ4n) is 1.68. The SMILES string of the molecule is C[C@@H](F)C(=O)CCC[C@H](O[C-]=O)c1ccccc1.[C-]#[O+].[C-]#[O+].[C-]#[O+].[Fe+2]. The largest absolute Gasteiger partial charge is 2.00 e. The third-order valence-corrected chi connectivity index (χ3v) is 2.69. The minimum Gasteiger partial charge on any atom is 2.00 e. The molecule has 1 aromatic carbocycles. The molecule has 0 N–H and O–H groups in total. The third kappa shape index (κ3) is 16.7. The van der Waals surface area contributed by atoms with Gasteiger partial charge in [0.2, 0.25) is 0 Å². The van der Waals surface area contributed by atoms with Gasteiger partial charge in [0.1, 0.15) is 0 Å². The van der Waals surface area contributed by atoms with Gasteiger partial charge >= 0.3 is 51.0 Å². The van der Waals surface area contributed by atoms with Crippen LogP contribution in [0.5, 0.6) is 0 Å². The molecule has 0 aliphatic heterocycles. The molecule has 6 nitrogen and oxygen atoms in total. The number of benzene rings is 1. The molecule has 0 aliphatic carbocycles. The van der Waals surface area contributed by atoms with Crippen molar-refractivity contribution < 1.29 is 49.7 Å². The van der Waals surface area contributed by atoms with E-state index in [9.17, 15) is 14.0 Å². The van der Waals surface area contributed by atoms with Crippen LogP contribution in [0.25, 0.3) is 0 Å². The summed E-state index contributed by atoms with van der Waals surface area (Å²) < 4.78 is 40.0. The molecule has 8 heteroatoms. The van der Waals surface area contributed by atoms with Crippen molar-refractivity contribution in [2.24, 2.45) is 0 Å². The molecule has 25 heavy (non-hydrogen) atoms. The first kappa shape index (κ1) is 30.9. The summed E-state index contributed by atoms with van der Waals surface area (Å²) >= 11 is 0. The Morgan fingerprint density at radius 1 is 1.16 bits per heavy atom. The number of Topliss-reactive ketones (excluding diaryl/α,β-unsaturated/α-hetero) is 1. The van der Waals surface area contributed by atoms with Gasteiger partial charge in [-0.25, -0.2) is 4.39 Å². The molecule has 0 fully saturated rings. The van der Waals surface area contributed by atoms with Crippen LogP contribution in [0, 0.1) is 20.0 Å². The van der Waals surface area contributed by atoms with Gasteiger partial charge in [0.05, 0.1) is 6.10 Å². The van der Waals surface area contributed by atoms with Crippen molar-refractivity contribution in [3.8, 4) is 0 Å². The van der Waals surface area contributed by atoms with Crippen LogP contribution in [0.1, 0.15) is 37.9 Å². The Kier molecular flexibility index (Phi) is 30.0. The van der Waals surface area contributed by atoms with Crippen molar-refractivity contribution in [1.29, 1.82) is 0 Å². The Morgan fingerprint density at radius 3 is 2.04 bits per heavy atom. The van der Waals surface area contributed by atoms with Gasteiger partial charge in [-0.15, -0.1) is 0 Å². The monoisotopic (exact) mass is 391 g/mol. The van der Waals surface area contributed by atoms with Gasteiger partial charge in [0, 0.05) is 6.42 Å². The summed E-state index contributed by atoms with van der Waals surface area (Å²) in [4.78, 5) is 21.4. The number of ketones is 1. The van der Waals surface area contributed by atoms with E-state index in [2.05, 4.69) is 20.0 Å². The molecular weight excluding hydrogens is 375 g/mol. The van der Waals surface area contributed by atoms with E-state index in [1.165, 1.54) is 13.4 Å². The topological polar surface area (TPSA) is 103 Å². The van der Waals surface area contributed by atoms with Crippen LogP contribution in [-0.4, -0.2) is 18.4 Å². The van der Waals surface area contributed by atoms with Gasteiger partial charge in [0.25, 0.3) is 0 Å². The van der Waals surface area contributed by atoms with Crippen LogP contribution < -0.4 is 0 Å². The Hall–Kier alpha value is -1.97. The molecule has 0 spiro atoms. The second kappa shape index (κ2) is 24.3. The molecule has 0 amide bonds. The maximum atomic E-state index is 12.6. The van der Waals surface area contributed by atoms with Crippen LogP contribution in [0.15, 0.2) is 30.3 Å². The van der Waals surface area contributed by atoms with Crippen LogP contribution in [0.3, 0.4) is 0 Å². The summed E-state index contributed by atoms with van der Waals surface area (Å²) in [6.45, 7) is 16.1. The van der Waals surface area contributed by atoms with E-state index in [1.54, 1.807) is 0 Å². The van der Waals surface area contributed by atoms with Crippen molar-refractivity contribution in [2.75, 3.05) is 0 Å². The van der Waals surface area contributed by atoms with Gasteiger partial charge < -0.3 is 9.53 Å². The quantitative estimate of drug-likeness (QED) is 0.387. The van der Waals surface area contributed by atoms with E-state index in [-0.39, 0.29) is 23.5 Å². The fourth-order valence-corrected chi connectivity index (χ4v) is 1.68. The fraction of sp³-hybridized carbons (Fsp3) is 0.353. The van der Waals surface area contributed by atoms with Crippen molar-refractivity contribution in [1.82, 2.24) is 0 Å². The summed E-state index contributed by atoms with van der Waals surface area (Å²) in [6, 6.07) is 9.21. The maximum Gasteiger partial charge on any atom is 2.00 e. The van der Waals surface area contributed by atoms with E-state index in [1.807, 2.05) is 30.3 Å². The maximum absolute atomic E-state index is 12.6. The van der Waals surface area contributed by atoms with Crippen molar-refractivity contribution in [3.05, 3.63) is 55.8 Å².